The van der Waals surface area contributed by atoms with E-state index in [9.17, 15) is 8.42 Å². The molecule has 3 N–H and O–H groups in total. The topological polar surface area (TPSA) is 72.2 Å². The van der Waals surface area contributed by atoms with E-state index in [4.69, 9.17) is 5.73 Å². The number of hydrogen-bond acceptors (Lipinski definition) is 4. The molecule has 5 heteroatoms. The fraction of sp³-hybridized carbons (Fsp3) is 0.571. The first-order valence-corrected chi connectivity index (χ1v) is 8.62. The van der Waals surface area contributed by atoms with Gasteiger partial charge in [-0.2, -0.15) is 0 Å². The maximum atomic E-state index is 11.6. The van der Waals surface area contributed by atoms with Crippen molar-refractivity contribution in [2.45, 2.75) is 43.5 Å². The minimum atomic E-state index is -3.27. The van der Waals surface area contributed by atoms with Crippen molar-refractivity contribution in [3.63, 3.8) is 0 Å². The summed E-state index contributed by atoms with van der Waals surface area (Å²) in [5.41, 5.74) is 7.05. The second-order valence-corrected chi connectivity index (χ2v) is 7.57. The zero-order valence-electron chi connectivity index (χ0n) is 11.5. The summed E-state index contributed by atoms with van der Waals surface area (Å²) in [4.78, 5) is 0.210. The van der Waals surface area contributed by atoms with E-state index in [1.165, 1.54) is 19.1 Å². The van der Waals surface area contributed by atoms with E-state index in [0.29, 0.717) is 11.7 Å². The molecule has 1 saturated carbocycles. The average Bonchev–Trinajstić information content (AvgIpc) is 2.33. The van der Waals surface area contributed by atoms with E-state index in [2.05, 4.69) is 12.2 Å². The molecular weight excluding hydrogens is 260 g/mol. The Morgan fingerprint density at radius 2 is 1.84 bits per heavy atom. The number of nitrogens with two attached hydrogens (primary N) is 1. The molecule has 0 aliphatic heterocycles. The molecule has 4 nitrogen and oxygen atoms in total. The lowest BCUT2D eigenvalue weighted by atomic mass is 9.87. The fourth-order valence-electron chi connectivity index (χ4n) is 2.62. The average molecular weight is 282 g/mol. The lowest BCUT2D eigenvalue weighted by molar-refractivity contribution is 0.361. The molecule has 2 rings (SSSR count). The summed E-state index contributed by atoms with van der Waals surface area (Å²) in [6, 6.07) is 5.54. The van der Waals surface area contributed by atoms with E-state index >= 15 is 0 Å². The van der Waals surface area contributed by atoms with Crippen LogP contribution in [0.1, 0.15) is 32.6 Å². The normalized spacial score (nSPS) is 24.1. The SMILES string of the molecule is CC1CCC(Nc2cccc(S(C)(=O)=O)c2N)CC1. The Balaban J connectivity index is 2.17. The van der Waals surface area contributed by atoms with Crippen LogP contribution in [0.4, 0.5) is 11.4 Å². The lowest BCUT2D eigenvalue weighted by Crippen LogP contribution is -2.25. The van der Waals surface area contributed by atoms with Crippen LogP contribution < -0.4 is 11.1 Å². The molecule has 1 aliphatic carbocycles. The van der Waals surface area contributed by atoms with Crippen LogP contribution in [-0.4, -0.2) is 20.7 Å². The predicted octanol–water partition coefficient (Wildman–Crippen LogP) is 2.66. The van der Waals surface area contributed by atoms with Gasteiger partial charge in [-0.05, 0) is 43.7 Å². The standard InChI is InChI=1S/C14H22N2O2S/c1-10-6-8-11(9-7-10)16-12-4-3-5-13(14(12)15)19(2,17)18/h3-5,10-11,16H,6-9,15H2,1-2H3. The van der Waals surface area contributed by atoms with Gasteiger partial charge >= 0.3 is 0 Å². The third-order valence-electron chi connectivity index (χ3n) is 3.84. The Kier molecular flexibility index (Phi) is 4.04. The molecule has 0 heterocycles. The van der Waals surface area contributed by atoms with E-state index < -0.39 is 9.84 Å². The second-order valence-electron chi connectivity index (χ2n) is 5.59. The maximum absolute atomic E-state index is 11.6. The van der Waals surface area contributed by atoms with E-state index in [1.54, 1.807) is 12.1 Å². The first-order valence-electron chi connectivity index (χ1n) is 6.73. The van der Waals surface area contributed by atoms with Gasteiger partial charge in [0.25, 0.3) is 0 Å². The van der Waals surface area contributed by atoms with Crippen LogP contribution in [0.25, 0.3) is 0 Å². The number of sulfone groups is 1. The highest BCUT2D eigenvalue weighted by Gasteiger charge is 2.20. The number of hydrogen-bond donors (Lipinski definition) is 2. The Hall–Kier alpha value is -1.23. The summed E-state index contributed by atoms with van der Waals surface area (Å²) in [5.74, 6) is 0.790. The summed E-state index contributed by atoms with van der Waals surface area (Å²) in [7, 11) is -3.27. The monoisotopic (exact) mass is 282 g/mol. The Morgan fingerprint density at radius 1 is 1.21 bits per heavy atom. The number of anilines is 2. The first kappa shape index (κ1) is 14.2. The molecule has 106 valence electrons. The van der Waals surface area contributed by atoms with Crippen LogP contribution in [0.2, 0.25) is 0 Å². The quantitative estimate of drug-likeness (QED) is 0.836. The Labute approximate surface area is 115 Å². The molecule has 1 aromatic carbocycles. The van der Waals surface area contributed by atoms with Gasteiger partial charge in [-0.15, -0.1) is 0 Å². The molecule has 1 fully saturated rings. The van der Waals surface area contributed by atoms with Crippen LogP contribution >= 0.6 is 0 Å². The molecule has 0 bridgehead atoms. The molecule has 0 radical (unpaired) electrons. The van der Waals surface area contributed by atoms with E-state index in [-0.39, 0.29) is 4.90 Å². The van der Waals surface area contributed by atoms with Crippen LogP contribution in [0, 0.1) is 5.92 Å². The minimum Gasteiger partial charge on any atom is -0.396 e. The highest BCUT2D eigenvalue weighted by molar-refractivity contribution is 7.90. The zero-order valence-corrected chi connectivity index (χ0v) is 12.3. The summed E-state index contributed by atoms with van der Waals surface area (Å²) in [6.07, 6.45) is 5.84. The number of para-hydroxylation sites is 1. The number of rotatable bonds is 3. The largest absolute Gasteiger partial charge is 0.396 e. The summed E-state index contributed by atoms with van der Waals surface area (Å²) in [5, 5.41) is 3.39. The highest BCUT2D eigenvalue weighted by atomic mass is 32.2. The van der Waals surface area contributed by atoms with Gasteiger partial charge in [0.05, 0.1) is 16.3 Å². The van der Waals surface area contributed by atoms with Crippen molar-refractivity contribution in [1.82, 2.24) is 0 Å². The third-order valence-corrected chi connectivity index (χ3v) is 5.00. The van der Waals surface area contributed by atoms with Crippen molar-refractivity contribution in [2.75, 3.05) is 17.3 Å². The number of benzene rings is 1. The van der Waals surface area contributed by atoms with Crippen LogP contribution in [0.5, 0.6) is 0 Å². The smallest absolute Gasteiger partial charge is 0.177 e. The van der Waals surface area contributed by atoms with Gasteiger partial charge in [0.2, 0.25) is 0 Å². The Bertz CT molecular complexity index is 547. The molecule has 0 saturated heterocycles. The maximum Gasteiger partial charge on any atom is 0.177 e. The molecule has 1 aromatic rings. The highest BCUT2D eigenvalue weighted by Crippen LogP contribution is 2.31. The fourth-order valence-corrected chi connectivity index (χ4v) is 3.45. The van der Waals surface area contributed by atoms with E-state index in [0.717, 1.165) is 24.4 Å². The zero-order chi connectivity index (χ0) is 14.0. The van der Waals surface area contributed by atoms with Crippen LogP contribution in [0.15, 0.2) is 23.1 Å². The van der Waals surface area contributed by atoms with Gasteiger partial charge < -0.3 is 11.1 Å². The van der Waals surface area contributed by atoms with Crippen molar-refractivity contribution >= 4 is 21.2 Å². The van der Waals surface area contributed by atoms with Crippen molar-refractivity contribution in [3.05, 3.63) is 18.2 Å². The van der Waals surface area contributed by atoms with Gasteiger partial charge in [-0.1, -0.05) is 13.0 Å². The summed E-state index contributed by atoms with van der Waals surface area (Å²) < 4.78 is 23.3. The van der Waals surface area contributed by atoms with Gasteiger partial charge in [-0.3, -0.25) is 0 Å². The molecule has 0 aromatic heterocycles. The van der Waals surface area contributed by atoms with Crippen molar-refractivity contribution in [1.29, 1.82) is 0 Å². The van der Waals surface area contributed by atoms with Crippen molar-refractivity contribution in [3.8, 4) is 0 Å². The van der Waals surface area contributed by atoms with E-state index in [1.807, 2.05) is 6.07 Å². The summed E-state index contributed by atoms with van der Waals surface area (Å²) >= 11 is 0. The number of nitrogens with one attached hydrogen (secondary N) is 1. The van der Waals surface area contributed by atoms with Gasteiger partial charge in [0, 0.05) is 12.3 Å². The van der Waals surface area contributed by atoms with Gasteiger partial charge in [0.1, 0.15) is 0 Å². The minimum absolute atomic E-state index is 0.210. The molecule has 0 spiro atoms. The molecule has 0 atom stereocenters. The van der Waals surface area contributed by atoms with Gasteiger partial charge in [0.15, 0.2) is 9.84 Å². The third kappa shape index (κ3) is 3.41. The van der Waals surface area contributed by atoms with Crippen LogP contribution in [0.3, 0.4) is 0 Å². The molecular formula is C14H22N2O2S. The predicted molar refractivity (Wildman–Crippen MR) is 79.0 cm³/mol. The van der Waals surface area contributed by atoms with Crippen LogP contribution in [-0.2, 0) is 9.84 Å². The number of nitrogen functional groups attached to an aromatic ring is 1. The van der Waals surface area contributed by atoms with Crippen molar-refractivity contribution < 1.29 is 8.42 Å². The summed E-state index contributed by atoms with van der Waals surface area (Å²) in [6.45, 7) is 2.27. The van der Waals surface area contributed by atoms with Gasteiger partial charge in [-0.25, -0.2) is 8.42 Å². The molecule has 0 amide bonds. The second kappa shape index (κ2) is 5.41. The lowest BCUT2D eigenvalue weighted by Gasteiger charge is -2.28. The molecule has 19 heavy (non-hydrogen) atoms. The first-order chi connectivity index (χ1) is 8.88. The molecule has 0 unspecified atom stereocenters. The Morgan fingerprint density at radius 3 is 2.42 bits per heavy atom. The van der Waals surface area contributed by atoms with Crippen molar-refractivity contribution in [2.24, 2.45) is 5.92 Å². The molecule has 1 aliphatic rings.